The maximum Gasteiger partial charge on any atom is 0.339 e. The van der Waals surface area contributed by atoms with E-state index in [-0.39, 0.29) is 33.7 Å². The molecule has 2 heterocycles. The molecule has 112 valence electrons. The number of aromatic carboxylic acids is 1. The molecule has 0 amide bonds. The van der Waals surface area contributed by atoms with Crippen LogP contribution < -0.4 is 4.72 Å². The molecule has 0 spiro atoms. The Morgan fingerprint density at radius 1 is 1.52 bits per heavy atom. The summed E-state index contributed by atoms with van der Waals surface area (Å²) in [6.07, 6.45) is 1.37. The van der Waals surface area contributed by atoms with E-state index in [9.17, 15) is 13.2 Å². The summed E-state index contributed by atoms with van der Waals surface area (Å²) in [7, 11) is -3.86. The monoisotopic (exact) mass is 330 g/mol. The van der Waals surface area contributed by atoms with E-state index in [1.165, 1.54) is 31.3 Å². The second-order valence-corrected chi connectivity index (χ2v) is 6.20. The van der Waals surface area contributed by atoms with Crippen LogP contribution in [0.5, 0.6) is 0 Å². The summed E-state index contributed by atoms with van der Waals surface area (Å²) < 4.78 is 31.6. The van der Waals surface area contributed by atoms with Gasteiger partial charge in [-0.25, -0.2) is 22.9 Å². The lowest BCUT2D eigenvalue weighted by molar-refractivity contribution is 0.0695. The molecule has 0 aliphatic rings. The fraction of sp³-hybridized carbons (Fsp3) is 0.167. The third-order valence-electron chi connectivity index (χ3n) is 2.65. The number of furan rings is 1. The number of carbonyl (C=O) groups is 1. The van der Waals surface area contributed by atoms with E-state index in [0.717, 1.165) is 0 Å². The standard InChI is InChI=1S/C12H11ClN2O5S/c1-7-9(12(16)17)5-8(20-7)6-15-21(18,19)10-3-2-4-14-11(10)13/h2-5,15H,6H2,1H3,(H,16,17). The highest BCUT2D eigenvalue weighted by atomic mass is 35.5. The van der Waals surface area contributed by atoms with Gasteiger partial charge in [-0.15, -0.1) is 0 Å². The molecule has 2 rings (SSSR count). The van der Waals surface area contributed by atoms with Crippen molar-refractivity contribution in [2.75, 3.05) is 0 Å². The lowest BCUT2D eigenvalue weighted by Crippen LogP contribution is -2.23. The van der Waals surface area contributed by atoms with Gasteiger partial charge in [0.1, 0.15) is 27.1 Å². The van der Waals surface area contributed by atoms with Gasteiger partial charge >= 0.3 is 5.97 Å². The van der Waals surface area contributed by atoms with Gasteiger partial charge in [-0.3, -0.25) is 0 Å². The molecule has 7 nitrogen and oxygen atoms in total. The highest BCUT2D eigenvalue weighted by Crippen LogP contribution is 2.19. The van der Waals surface area contributed by atoms with Crippen molar-refractivity contribution >= 4 is 27.6 Å². The predicted octanol–water partition coefficient (Wildman–Crippen LogP) is 1.81. The molecule has 0 radical (unpaired) electrons. The summed E-state index contributed by atoms with van der Waals surface area (Å²) in [6.45, 7) is 1.29. The molecule has 0 bridgehead atoms. The Morgan fingerprint density at radius 2 is 2.24 bits per heavy atom. The molecule has 0 aliphatic heterocycles. The summed E-state index contributed by atoms with van der Waals surface area (Å²) in [5.41, 5.74) is -0.0105. The van der Waals surface area contributed by atoms with Crippen LogP contribution in [-0.4, -0.2) is 24.5 Å². The van der Waals surface area contributed by atoms with Gasteiger partial charge in [0.05, 0.1) is 6.54 Å². The number of nitrogens with zero attached hydrogens (tertiary/aromatic N) is 1. The molecule has 0 unspecified atom stereocenters. The summed E-state index contributed by atoms with van der Waals surface area (Å²) in [4.78, 5) is 14.4. The van der Waals surface area contributed by atoms with Crippen molar-refractivity contribution in [3.05, 3.63) is 46.6 Å². The molecule has 0 atom stereocenters. The zero-order valence-corrected chi connectivity index (χ0v) is 12.4. The number of aryl methyl sites for hydroxylation is 1. The number of hydrogen-bond acceptors (Lipinski definition) is 5. The van der Waals surface area contributed by atoms with Gasteiger partial charge in [0.15, 0.2) is 0 Å². The zero-order chi connectivity index (χ0) is 15.6. The molecule has 9 heteroatoms. The van der Waals surface area contributed by atoms with E-state index >= 15 is 0 Å². The van der Waals surface area contributed by atoms with Crippen molar-refractivity contribution in [2.24, 2.45) is 0 Å². The smallest absolute Gasteiger partial charge is 0.339 e. The van der Waals surface area contributed by atoms with Crippen molar-refractivity contribution in [2.45, 2.75) is 18.4 Å². The average Bonchev–Trinajstić information content (AvgIpc) is 2.78. The van der Waals surface area contributed by atoms with Crippen LogP contribution in [0, 0.1) is 6.92 Å². The van der Waals surface area contributed by atoms with Gasteiger partial charge in [0, 0.05) is 6.20 Å². The lowest BCUT2D eigenvalue weighted by atomic mass is 10.2. The van der Waals surface area contributed by atoms with E-state index in [0.29, 0.717) is 0 Å². The summed E-state index contributed by atoms with van der Waals surface area (Å²) in [6, 6.07) is 4.03. The number of sulfonamides is 1. The normalized spacial score (nSPS) is 11.5. The molecular weight excluding hydrogens is 320 g/mol. The number of rotatable bonds is 5. The van der Waals surface area contributed by atoms with Gasteiger partial charge in [-0.1, -0.05) is 11.6 Å². The van der Waals surface area contributed by atoms with Crippen LogP contribution in [0.4, 0.5) is 0 Å². The van der Waals surface area contributed by atoms with Crippen LogP contribution in [0.25, 0.3) is 0 Å². The van der Waals surface area contributed by atoms with E-state index in [1.54, 1.807) is 0 Å². The van der Waals surface area contributed by atoms with Crippen LogP contribution >= 0.6 is 11.6 Å². The minimum atomic E-state index is -3.86. The summed E-state index contributed by atoms with van der Waals surface area (Å²) in [5.74, 6) is -0.745. The lowest BCUT2D eigenvalue weighted by Gasteiger charge is -2.06. The van der Waals surface area contributed by atoms with E-state index < -0.39 is 16.0 Å². The van der Waals surface area contributed by atoms with Crippen molar-refractivity contribution in [1.82, 2.24) is 9.71 Å². The van der Waals surface area contributed by atoms with Crippen LogP contribution in [0.15, 0.2) is 33.7 Å². The van der Waals surface area contributed by atoms with Crippen molar-refractivity contribution in [3.8, 4) is 0 Å². The Balaban J connectivity index is 2.18. The number of halogens is 1. The van der Waals surface area contributed by atoms with Crippen molar-refractivity contribution < 1.29 is 22.7 Å². The van der Waals surface area contributed by atoms with E-state index in [4.69, 9.17) is 21.1 Å². The molecule has 2 N–H and O–H groups in total. The fourth-order valence-corrected chi connectivity index (χ4v) is 3.10. The first-order valence-corrected chi connectivity index (χ1v) is 7.60. The number of nitrogens with one attached hydrogen (secondary N) is 1. The molecular formula is C12H11ClN2O5S. The molecule has 0 aliphatic carbocycles. The van der Waals surface area contributed by atoms with E-state index in [1.807, 2.05) is 0 Å². The Kier molecular flexibility index (Phi) is 4.31. The average molecular weight is 331 g/mol. The van der Waals surface area contributed by atoms with Gasteiger partial charge < -0.3 is 9.52 Å². The van der Waals surface area contributed by atoms with Crippen molar-refractivity contribution in [1.29, 1.82) is 0 Å². The Bertz CT molecular complexity index is 785. The SMILES string of the molecule is Cc1oc(CNS(=O)(=O)c2cccnc2Cl)cc1C(=O)O. The molecule has 0 saturated heterocycles. The summed E-state index contributed by atoms with van der Waals surface area (Å²) >= 11 is 5.73. The Hall–Kier alpha value is -1.90. The second kappa shape index (κ2) is 5.84. The number of aromatic nitrogens is 1. The maximum atomic E-state index is 12.1. The second-order valence-electron chi connectivity index (χ2n) is 4.10. The van der Waals surface area contributed by atoms with Gasteiger partial charge in [0.25, 0.3) is 0 Å². The first kappa shape index (κ1) is 15.5. The number of hydrogen-bond donors (Lipinski definition) is 2. The van der Waals surface area contributed by atoms with Crippen LogP contribution in [-0.2, 0) is 16.6 Å². The predicted molar refractivity (Wildman–Crippen MR) is 73.7 cm³/mol. The fourth-order valence-electron chi connectivity index (χ4n) is 1.66. The Labute approximate surface area is 125 Å². The maximum absolute atomic E-state index is 12.1. The number of carboxylic acid groups (broad SMARTS) is 1. The van der Waals surface area contributed by atoms with Gasteiger partial charge in [0.2, 0.25) is 10.0 Å². The Morgan fingerprint density at radius 3 is 2.81 bits per heavy atom. The minimum Gasteiger partial charge on any atom is -0.478 e. The molecule has 0 aromatic carbocycles. The molecule has 0 fully saturated rings. The van der Waals surface area contributed by atoms with E-state index in [2.05, 4.69) is 9.71 Å². The summed E-state index contributed by atoms with van der Waals surface area (Å²) in [5, 5.41) is 8.75. The third-order valence-corrected chi connectivity index (χ3v) is 4.50. The van der Waals surface area contributed by atoms with Gasteiger partial charge in [-0.2, -0.15) is 0 Å². The topological polar surface area (TPSA) is 110 Å². The van der Waals surface area contributed by atoms with Crippen LogP contribution in [0.1, 0.15) is 21.9 Å². The highest BCUT2D eigenvalue weighted by Gasteiger charge is 2.20. The largest absolute Gasteiger partial charge is 0.478 e. The quantitative estimate of drug-likeness (QED) is 0.809. The number of carboxylic acids is 1. The zero-order valence-electron chi connectivity index (χ0n) is 10.8. The minimum absolute atomic E-state index is 0.0105. The molecule has 21 heavy (non-hydrogen) atoms. The molecule has 0 saturated carbocycles. The first-order valence-electron chi connectivity index (χ1n) is 5.74. The number of pyridine rings is 1. The van der Waals surface area contributed by atoms with Crippen LogP contribution in [0.2, 0.25) is 5.15 Å². The first-order chi connectivity index (χ1) is 9.81. The highest BCUT2D eigenvalue weighted by molar-refractivity contribution is 7.89. The van der Waals surface area contributed by atoms with Crippen LogP contribution in [0.3, 0.4) is 0 Å². The molecule has 2 aromatic heterocycles. The van der Waals surface area contributed by atoms with Gasteiger partial charge in [-0.05, 0) is 25.1 Å². The van der Waals surface area contributed by atoms with Crippen molar-refractivity contribution in [3.63, 3.8) is 0 Å². The third kappa shape index (κ3) is 3.41. The molecule has 2 aromatic rings.